The van der Waals surface area contributed by atoms with Crippen molar-refractivity contribution in [1.29, 1.82) is 0 Å². The summed E-state index contributed by atoms with van der Waals surface area (Å²) in [7, 11) is 0. The molecule has 1 aromatic heterocycles. The van der Waals surface area contributed by atoms with Gasteiger partial charge in [-0.3, -0.25) is 9.69 Å². The first kappa shape index (κ1) is 26.2. The molecule has 3 aromatic rings. The van der Waals surface area contributed by atoms with Gasteiger partial charge < -0.3 is 9.84 Å². The van der Waals surface area contributed by atoms with Gasteiger partial charge in [0.25, 0.3) is 0 Å². The average molecular weight is 502 g/mol. The number of anilines is 1. The molecule has 0 saturated heterocycles. The number of rotatable bonds is 7. The molecule has 0 atom stereocenters. The minimum Gasteiger partial charge on any atom is -0.449 e. The maximum absolute atomic E-state index is 13.6. The normalized spacial score (nSPS) is 18.0. The van der Waals surface area contributed by atoms with Gasteiger partial charge in [0, 0.05) is 12.0 Å². The van der Waals surface area contributed by atoms with Crippen molar-refractivity contribution in [3.63, 3.8) is 0 Å². The molecule has 1 aliphatic rings. The number of nitrogens with zero attached hydrogens (tertiary/aromatic N) is 3. The Bertz CT molecular complexity index is 1250. The van der Waals surface area contributed by atoms with Crippen LogP contribution < -0.4 is 9.64 Å². The number of benzene rings is 2. The van der Waals surface area contributed by atoms with Gasteiger partial charge in [-0.25, -0.2) is 9.48 Å². The van der Waals surface area contributed by atoms with Crippen molar-refractivity contribution in [2.24, 2.45) is 11.8 Å². The molecule has 1 fully saturated rings. The van der Waals surface area contributed by atoms with Gasteiger partial charge in [0.05, 0.1) is 11.9 Å². The van der Waals surface area contributed by atoms with E-state index in [1.165, 1.54) is 6.20 Å². The molecule has 1 aliphatic carbocycles. The number of ether oxygens (including phenoxy) is 1. The molecule has 0 aliphatic heterocycles. The first-order chi connectivity index (χ1) is 17.8. The summed E-state index contributed by atoms with van der Waals surface area (Å²) in [6.45, 7) is 8.04. The quantitative estimate of drug-likeness (QED) is 0.354. The van der Waals surface area contributed by atoms with Crippen molar-refractivity contribution in [1.82, 2.24) is 9.78 Å². The van der Waals surface area contributed by atoms with Gasteiger partial charge in [0.15, 0.2) is 5.75 Å². The number of carbonyl (C=O) groups is 2. The van der Waals surface area contributed by atoms with Crippen LogP contribution in [0.1, 0.15) is 64.5 Å². The molecule has 37 heavy (non-hydrogen) atoms. The lowest BCUT2D eigenvalue weighted by Gasteiger charge is -2.32. The van der Waals surface area contributed by atoms with E-state index in [0.29, 0.717) is 5.92 Å². The Kier molecular flexibility index (Phi) is 8.11. The van der Waals surface area contributed by atoms with Crippen LogP contribution in [0.5, 0.6) is 5.75 Å². The van der Waals surface area contributed by atoms with Crippen LogP contribution in [0.4, 0.5) is 10.6 Å². The zero-order valence-corrected chi connectivity index (χ0v) is 21.9. The number of hydrogen-bond acceptors (Lipinski definition) is 4. The minimum atomic E-state index is -1.45. The molecule has 7 nitrogen and oxygen atoms in total. The van der Waals surface area contributed by atoms with Crippen LogP contribution in [0, 0.1) is 11.8 Å². The summed E-state index contributed by atoms with van der Waals surface area (Å²) in [4.78, 5) is 26.7. The Labute approximate surface area is 218 Å². The number of hydrogen-bond donors (Lipinski definition) is 1. The Balaban J connectivity index is 1.67. The van der Waals surface area contributed by atoms with Gasteiger partial charge in [-0.15, -0.1) is 5.10 Å². The Morgan fingerprint density at radius 2 is 1.65 bits per heavy atom. The van der Waals surface area contributed by atoms with Crippen LogP contribution in [0.2, 0.25) is 0 Å². The summed E-state index contributed by atoms with van der Waals surface area (Å²) in [5, 5.41) is 14.0. The molecule has 194 valence electrons. The fraction of sp³-hybridized carbons (Fsp3) is 0.367. The summed E-state index contributed by atoms with van der Waals surface area (Å²) in [5.74, 6) is 0.760. The van der Waals surface area contributed by atoms with Crippen molar-refractivity contribution in [2.75, 3.05) is 4.90 Å². The highest BCUT2D eigenvalue weighted by Gasteiger charge is 2.34. The van der Waals surface area contributed by atoms with Crippen molar-refractivity contribution in [3.05, 3.63) is 78.0 Å². The molecule has 1 amide bonds. The van der Waals surface area contributed by atoms with Crippen LogP contribution in [0.15, 0.2) is 66.9 Å². The second-order valence-electron chi connectivity index (χ2n) is 10.0. The predicted molar refractivity (Wildman–Crippen MR) is 145 cm³/mol. The molecule has 0 bridgehead atoms. The third kappa shape index (κ3) is 5.93. The first-order valence-electron chi connectivity index (χ1n) is 12.9. The van der Waals surface area contributed by atoms with Crippen LogP contribution in [-0.2, 0) is 4.79 Å². The molecular formula is C30H35N3O4. The van der Waals surface area contributed by atoms with Gasteiger partial charge in [-0.1, -0.05) is 55.5 Å². The summed E-state index contributed by atoms with van der Waals surface area (Å²) in [5.41, 5.74) is 4.02. The van der Waals surface area contributed by atoms with Crippen molar-refractivity contribution in [2.45, 2.75) is 59.4 Å². The molecule has 0 spiro atoms. The van der Waals surface area contributed by atoms with E-state index in [-0.39, 0.29) is 29.4 Å². The lowest BCUT2D eigenvalue weighted by molar-refractivity contribution is -0.124. The average Bonchev–Trinajstić information content (AvgIpc) is 3.28. The van der Waals surface area contributed by atoms with Crippen LogP contribution in [-0.4, -0.2) is 33.0 Å². The van der Waals surface area contributed by atoms with E-state index in [1.54, 1.807) is 9.58 Å². The fourth-order valence-electron chi connectivity index (χ4n) is 5.03. The van der Waals surface area contributed by atoms with E-state index in [2.05, 4.69) is 30.2 Å². The van der Waals surface area contributed by atoms with E-state index in [0.717, 1.165) is 48.1 Å². The van der Waals surface area contributed by atoms with Gasteiger partial charge in [0.2, 0.25) is 11.7 Å². The SMILES string of the molecule is C/C=C(\c1ccccc1)c1ccc(-n2cc(OC(=O)O)c(N(C(=O)C3CCC(C)CC3)C(C)C)n2)cc1. The lowest BCUT2D eigenvalue weighted by atomic mass is 9.82. The molecule has 1 N–H and O–H groups in total. The highest BCUT2D eigenvalue weighted by molar-refractivity contribution is 5.96. The highest BCUT2D eigenvalue weighted by Crippen LogP contribution is 2.35. The molecule has 1 saturated carbocycles. The first-order valence-corrected chi connectivity index (χ1v) is 12.9. The van der Waals surface area contributed by atoms with E-state index in [4.69, 9.17) is 4.74 Å². The number of carboxylic acid groups (broad SMARTS) is 1. The zero-order valence-electron chi connectivity index (χ0n) is 21.9. The molecule has 4 rings (SSSR count). The maximum atomic E-state index is 13.6. The molecular weight excluding hydrogens is 466 g/mol. The molecule has 0 radical (unpaired) electrons. The minimum absolute atomic E-state index is 0.0293. The van der Waals surface area contributed by atoms with Crippen LogP contribution in [0.3, 0.4) is 0 Å². The third-order valence-corrected chi connectivity index (χ3v) is 7.02. The van der Waals surface area contributed by atoms with E-state index < -0.39 is 6.16 Å². The topological polar surface area (TPSA) is 84.7 Å². The number of carbonyl (C=O) groups excluding carboxylic acids is 1. The summed E-state index contributed by atoms with van der Waals surface area (Å²) in [6, 6.07) is 17.8. The largest absolute Gasteiger partial charge is 0.511 e. The summed E-state index contributed by atoms with van der Waals surface area (Å²) in [6.07, 6.45) is 5.84. The monoisotopic (exact) mass is 501 g/mol. The number of aromatic nitrogens is 2. The number of allylic oxidation sites excluding steroid dienone is 1. The maximum Gasteiger partial charge on any atom is 0.511 e. The van der Waals surface area contributed by atoms with Crippen LogP contribution in [0.25, 0.3) is 11.3 Å². The summed E-state index contributed by atoms with van der Waals surface area (Å²) >= 11 is 0. The van der Waals surface area contributed by atoms with E-state index >= 15 is 0 Å². The van der Waals surface area contributed by atoms with Crippen LogP contribution >= 0.6 is 0 Å². The molecule has 0 unspecified atom stereocenters. The van der Waals surface area contributed by atoms with E-state index in [9.17, 15) is 14.7 Å². The lowest BCUT2D eigenvalue weighted by Crippen LogP contribution is -2.42. The van der Waals surface area contributed by atoms with Gasteiger partial charge in [-0.2, -0.15) is 0 Å². The van der Waals surface area contributed by atoms with Crippen molar-refractivity contribution < 1.29 is 19.4 Å². The Morgan fingerprint density at radius 3 is 2.22 bits per heavy atom. The number of amides is 1. The highest BCUT2D eigenvalue weighted by atomic mass is 16.7. The van der Waals surface area contributed by atoms with Gasteiger partial charge in [0.1, 0.15) is 0 Å². The van der Waals surface area contributed by atoms with Gasteiger partial charge in [-0.05, 0) is 81.2 Å². The Morgan fingerprint density at radius 1 is 1.03 bits per heavy atom. The molecule has 1 heterocycles. The second kappa shape index (κ2) is 11.5. The second-order valence-corrected chi connectivity index (χ2v) is 10.0. The Hall–Kier alpha value is -3.87. The third-order valence-electron chi connectivity index (χ3n) is 7.02. The van der Waals surface area contributed by atoms with Crippen molar-refractivity contribution in [3.8, 4) is 11.4 Å². The molecule has 7 heteroatoms. The summed E-state index contributed by atoms with van der Waals surface area (Å²) < 4.78 is 6.67. The van der Waals surface area contributed by atoms with Crippen molar-refractivity contribution >= 4 is 23.5 Å². The molecule has 2 aromatic carbocycles. The fourth-order valence-corrected chi connectivity index (χ4v) is 5.03. The zero-order chi connectivity index (χ0) is 26.5. The van der Waals surface area contributed by atoms with Gasteiger partial charge >= 0.3 is 6.16 Å². The smallest absolute Gasteiger partial charge is 0.449 e. The predicted octanol–water partition coefficient (Wildman–Crippen LogP) is 6.95. The van der Waals surface area contributed by atoms with E-state index in [1.807, 2.05) is 63.2 Å². The standard InChI is InChI=1S/C30H35N3O4/c1-5-26(22-9-7-6-8-10-22)23-15-17-25(18-16-23)32-19-27(37-30(35)36)28(31-32)33(20(2)3)29(34)24-13-11-21(4)12-14-24/h5-10,15-21,24H,11-14H2,1-4H3,(H,35,36)/b26-5+.